The summed E-state index contributed by atoms with van der Waals surface area (Å²) in [5.41, 5.74) is 1.22. The number of rotatable bonds is 12. The minimum Gasteiger partial charge on any atom is -0.506 e. The molecule has 0 spiro atoms. The van der Waals surface area contributed by atoms with Crippen molar-refractivity contribution in [3.8, 4) is 30.4 Å². The molecule has 0 amide bonds. The lowest BCUT2D eigenvalue weighted by molar-refractivity contribution is -0.153. The first-order valence-electron chi connectivity index (χ1n) is 11.1. The predicted molar refractivity (Wildman–Crippen MR) is 123 cm³/mol. The van der Waals surface area contributed by atoms with Crippen molar-refractivity contribution in [2.75, 3.05) is 0 Å². The van der Waals surface area contributed by atoms with Crippen LogP contribution in [0.25, 0.3) is 0 Å². The molecule has 0 aliphatic rings. The third-order valence-electron chi connectivity index (χ3n) is 6.10. The van der Waals surface area contributed by atoms with Crippen molar-refractivity contribution in [3.05, 3.63) is 23.0 Å². The van der Waals surface area contributed by atoms with Crippen LogP contribution in [-0.2, 0) is 32.3 Å². The molecule has 4 atom stereocenters. The maximum Gasteiger partial charge on any atom is 0.310 e. The van der Waals surface area contributed by atoms with Crippen LogP contribution in [0.2, 0.25) is 0 Å². The number of nitrogens with zero attached hydrogens (tertiary/aromatic N) is 1. The SMILES string of the molecule is C#CCC(C(=O)OCc1cnc(C)c(O)c1COC(=O)C(CC#C)C(C)CC)C(C)CC. The van der Waals surface area contributed by atoms with E-state index >= 15 is 0 Å². The molecule has 0 saturated carbocycles. The summed E-state index contributed by atoms with van der Waals surface area (Å²) in [7, 11) is 0. The fourth-order valence-electron chi connectivity index (χ4n) is 3.33. The zero-order valence-electron chi connectivity index (χ0n) is 19.8. The molecule has 0 aliphatic carbocycles. The van der Waals surface area contributed by atoms with E-state index in [9.17, 15) is 14.7 Å². The second-order valence-corrected chi connectivity index (χ2v) is 8.21. The van der Waals surface area contributed by atoms with Gasteiger partial charge in [0.1, 0.15) is 19.0 Å². The van der Waals surface area contributed by atoms with Crippen molar-refractivity contribution in [2.45, 2.75) is 73.5 Å². The summed E-state index contributed by atoms with van der Waals surface area (Å²) in [4.78, 5) is 29.4. The van der Waals surface area contributed by atoms with Crippen molar-refractivity contribution in [3.63, 3.8) is 0 Å². The van der Waals surface area contributed by atoms with Gasteiger partial charge in [0.05, 0.1) is 17.5 Å². The summed E-state index contributed by atoms with van der Waals surface area (Å²) in [6.45, 7) is 9.24. The van der Waals surface area contributed by atoms with Gasteiger partial charge in [0.2, 0.25) is 0 Å². The standard InChI is InChI=1S/C26H35NO5/c1-8-12-21(17(5)10-3)25(29)31-15-20-14-27-19(7)24(28)23(20)16-32-26(30)22(13-9-2)18(6)11-4/h1-2,14,17-18,21-22,28H,10-13,15-16H2,3-7H3. The summed E-state index contributed by atoms with van der Waals surface area (Å²) in [6.07, 6.45) is 14.5. The number of ether oxygens (including phenoxy) is 2. The van der Waals surface area contributed by atoms with Crippen LogP contribution in [0.15, 0.2) is 6.20 Å². The van der Waals surface area contributed by atoms with E-state index < -0.39 is 23.8 Å². The third kappa shape index (κ3) is 7.31. The van der Waals surface area contributed by atoms with Crippen LogP contribution in [0.4, 0.5) is 0 Å². The molecule has 1 heterocycles. The first kappa shape index (κ1) is 27.0. The zero-order chi connectivity index (χ0) is 24.3. The predicted octanol–water partition coefficient (Wildman–Crippen LogP) is 4.55. The fourth-order valence-corrected chi connectivity index (χ4v) is 3.33. The molecular weight excluding hydrogens is 406 g/mol. The highest BCUT2D eigenvalue weighted by atomic mass is 16.5. The van der Waals surface area contributed by atoms with Gasteiger partial charge in [-0.2, -0.15) is 0 Å². The molecule has 1 aromatic heterocycles. The van der Waals surface area contributed by atoms with Gasteiger partial charge in [-0.1, -0.05) is 40.5 Å². The smallest absolute Gasteiger partial charge is 0.310 e. The highest BCUT2D eigenvalue weighted by Crippen LogP contribution is 2.28. The lowest BCUT2D eigenvalue weighted by Crippen LogP contribution is -2.25. The summed E-state index contributed by atoms with van der Waals surface area (Å²) in [6, 6.07) is 0. The molecule has 6 nitrogen and oxygen atoms in total. The number of aromatic hydroxyl groups is 1. The molecular formula is C26H35NO5. The topological polar surface area (TPSA) is 85.7 Å². The largest absolute Gasteiger partial charge is 0.506 e. The van der Waals surface area contributed by atoms with Crippen molar-refractivity contribution < 1.29 is 24.2 Å². The number of hydrogen-bond acceptors (Lipinski definition) is 6. The summed E-state index contributed by atoms with van der Waals surface area (Å²) >= 11 is 0. The molecule has 0 aliphatic heterocycles. The van der Waals surface area contributed by atoms with Crippen molar-refractivity contribution in [2.24, 2.45) is 23.7 Å². The maximum atomic E-state index is 12.6. The lowest BCUT2D eigenvalue weighted by Gasteiger charge is -2.21. The fraction of sp³-hybridized carbons (Fsp3) is 0.577. The Labute approximate surface area is 192 Å². The number of carbonyl (C=O) groups is 2. The van der Waals surface area contributed by atoms with Gasteiger partial charge in [-0.15, -0.1) is 24.7 Å². The van der Waals surface area contributed by atoms with Crippen LogP contribution in [0.1, 0.15) is 70.2 Å². The van der Waals surface area contributed by atoms with Gasteiger partial charge in [0.15, 0.2) is 0 Å². The average Bonchev–Trinajstić information content (AvgIpc) is 2.79. The second-order valence-electron chi connectivity index (χ2n) is 8.21. The summed E-state index contributed by atoms with van der Waals surface area (Å²) in [5.74, 6) is 3.48. The van der Waals surface area contributed by atoms with Gasteiger partial charge in [-0.3, -0.25) is 14.6 Å². The van der Waals surface area contributed by atoms with Gasteiger partial charge in [0.25, 0.3) is 0 Å². The van der Waals surface area contributed by atoms with Crippen LogP contribution in [-0.4, -0.2) is 22.0 Å². The molecule has 0 fully saturated rings. The number of hydrogen-bond donors (Lipinski definition) is 1. The normalized spacial score (nSPS) is 14.3. The Hall–Kier alpha value is -2.99. The van der Waals surface area contributed by atoms with Crippen LogP contribution in [0.3, 0.4) is 0 Å². The van der Waals surface area contributed by atoms with Crippen molar-refractivity contribution in [1.82, 2.24) is 4.98 Å². The van der Waals surface area contributed by atoms with Crippen LogP contribution >= 0.6 is 0 Å². The van der Waals surface area contributed by atoms with E-state index in [0.717, 1.165) is 12.8 Å². The van der Waals surface area contributed by atoms with Crippen LogP contribution in [0.5, 0.6) is 5.75 Å². The number of pyridine rings is 1. The van der Waals surface area contributed by atoms with E-state index in [0.29, 0.717) is 23.2 Å². The van der Waals surface area contributed by atoms with Gasteiger partial charge < -0.3 is 14.6 Å². The molecule has 32 heavy (non-hydrogen) atoms. The average molecular weight is 442 g/mol. The van der Waals surface area contributed by atoms with E-state index in [1.807, 2.05) is 27.7 Å². The molecule has 1 aromatic rings. The minimum atomic E-state index is -0.420. The number of aromatic nitrogens is 1. The molecule has 0 aromatic carbocycles. The van der Waals surface area contributed by atoms with Crippen LogP contribution < -0.4 is 0 Å². The number of carbonyl (C=O) groups excluding carboxylic acids is 2. The zero-order valence-corrected chi connectivity index (χ0v) is 19.8. The molecule has 1 rings (SSSR count). The Morgan fingerprint density at radius 1 is 1.00 bits per heavy atom. The van der Waals surface area contributed by atoms with Crippen molar-refractivity contribution in [1.29, 1.82) is 0 Å². The molecule has 174 valence electrons. The lowest BCUT2D eigenvalue weighted by atomic mass is 9.89. The van der Waals surface area contributed by atoms with Gasteiger partial charge in [0, 0.05) is 30.2 Å². The Balaban J connectivity index is 3.00. The first-order valence-corrected chi connectivity index (χ1v) is 11.1. The molecule has 0 saturated heterocycles. The Bertz CT molecular complexity index is 864. The maximum absolute atomic E-state index is 12.6. The van der Waals surface area contributed by atoms with Crippen LogP contribution in [0, 0.1) is 55.3 Å². The highest BCUT2D eigenvalue weighted by Gasteiger charge is 2.27. The Morgan fingerprint density at radius 2 is 1.47 bits per heavy atom. The molecule has 0 radical (unpaired) electrons. The second kappa shape index (κ2) is 13.4. The van der Waals surface area contributed by atoms with E-state index in [1.54, 1.807) is 6.92 Å². The summed E-state index contributed by atoms with van der Waals surface area (Å²) < 4.78 is 11.0. The summed E-state index contributed by atoms with van der Waals surface area (Å²) in [5, 5.41) is 10.5. The van der Waals surface area contributed by atoms with Gasteiger partial charge in [-0.05, 0) is 18.8 Å². The third-order valence-corrected chi connectivity index (χ3v) is 6.10. The number of esters is 2. The van der Waals surface area contributed by atoms with Gasteiger partial charge >= 0.3 is 11.9 Å². The quantitative estimate of drug-likeness (QED) is 0.378. The molecule has 1 N–H and O–H groups in total. The number of aryl methyl sites for hydroxylation is 1. The van der Waals surface area contributed by atoms with E-state index in [4.69, 9.17) is 22.3 Å². The first-order chi connectivity index (χ1) is 15.2. The monoisotopic (exact) mass is 441 g/mol. The Kier molecular flexibility index (Phi) is 11.3. The molecule has 4 unspecified atom stereocenters. The van der Waals surface area contributed by atoms with E-state index in [2.05, 4.69) is 16.8 Å². The highest BCUT2D eigenvalue weighted by molar-refractivity contribution is 5.74. The van der Waals surface area contributed by atoms with Crippen molar-refractivity contribution >= 4 is 11.9 Å². The van der Waals surface area contributed by atoms with E-state index in [1.165, 1.54) is 6.20 Å². The van der Waals surface area contributed by atoms with Gasteiger partial charge in [-0.25, -0.2) is 0 Å². The molecule has 0 bridgehead atoms. The van der Waals surface area contributed by atoms with E-state index in [-0.39, 0.29) is 37.2 Å². The Morgan fingerprint density at radius 3 is 1.91 bits per heavy atom. The number of terminal acetylenes is 2. The molecule has 6 heteroatoms. The minimum absolute atomic E-state index is 0.0698.